The molecule has 1 aliphatic rings. The summed E-state index contributed by atoms with van der Waals surface area (Å²) in [7, 11) is 0. The van der Waals surface area contributed by atoms with Gasteiger partial charge in [-0.2, -0.15) is 0 Å². The van der Waals surface area contributed by atoms with Crippen LogP contribution in [-0.2, 0) is 11.4 Å². The molecule has 2 aromatic carbocycles. The maximum atomic E-state index is 12.8. The van der Waals surface area contributed by atoms with Gasteiger partial charge in [0.15, 0.2) is 0 Å². The van der Waals surface area contributed by atoms with Crippen molar-refractivity contribution in [3.63, 3.8) is 0 Å². The van der Waals surface area contributed by atoms with Crippen LogP contribution >= 0.6 is 0 Å². The number of nitrogens with zero attached hydrogens (tertiary/aromatic N) is 1. The number of hydrogen-bond acceptors (Lipinski definition) is 5. The quantitative estimate of drug-likeness (QED) is 0.575. The predicted octanol–water partition coefficient (Wildman–Crippen LogP) is 2.88. The zero-order chi connectivity index (χ0) is 20.8. The number of amides is 2. The molecule has 1 saturated heterocycles. The SMILES string of the molecule is Cc1ccc(C(=O)NC2CCCCNC2=O)c([N+](=O)[O-])c1OCc1ccccc1. The van der Waals surface area contributed by atoms with E-state index in [9.17, 15) is 19.7 Å². The van der Waals surface area contributed by atoms with Gasteiger partial charge in [-0.15, -0.1) is 0 Å². The van der Waals surface area contributed by atoms with E-state index >= 15 is 0 Å². The van der Waals surface area contributed by atoms with E-state index in [0.717, 1.165) is 18.4 Å². The minimum absolute atomic E-state index is 0.0526. The van der Waals surface area contributed by atoms with Crippen molar-refractivity contribution in [2.45, 2.75) is 38.8 Å². The average Bonchev–Trinajstić information content (AvgIpc) is 2.91. The minimum Gasteiger partial charge on any atom is -0.482 e. The van der Waals surface area contributed by atoms with E-state index in [2.05, 4.69) is 10.6 Å². The molecule has 8 nitrogen and oxygen atoms in total. The molecule has 0 spiro atoms. The zero-order valence-electron chi connectivity index (χ0n) is 16.1. The second-order valence-corrected chi connectivity index (χ2v) is 6.95. The van der Waals surface area contributed by atoms with Crippen LogP contribution in [0.2, 0.25) is 0 Å². The van der Waals surface area contributed by atoms with Gasteiger partial charge >= 0.3 is 5.69 Å². The van der Waals surface area contributed by atoms with Crippen LogP contribution in [0.25, 0.3) is 0 Å². The molecule has 0 aliphatic carbocycles. The Balaban J connectivity index is 1.87. The number of benzene rings is 2. The number of rotatable bonds is 6. The lowest BCUT2D eigenvalue weighted by atomic mass is 10.1. The Morgan fingerprint density at radius 1 is 1.24 bits per heavy atom. The van der Waals surface area contributed by atoms with Gasteiger partial charge in [-0.1, -0.05) is 36.4 Å². The molecule has 3 rings (SSSR count). The standard InChI is InChI=1S/C21H23N3O5/c1-14-10-11-16(20(25)23-17-9-5-6-12-22-21(17)26)18(24(27)28)19(14)29-13-15-7-3-2-4-8-15/h2-4,7-8,10-11,17H,5-6,9,12-13H2,1H3,(H,22,26)(H,23,25). The summed E-state index contributed by atoms with van der Waals surface area (Å²) >= 11 is 0. The molecule has 1 aliphatic heterocycles. The monoisotopic (exact) mass is 397 g/mol. The number of hydrogen-bond donors (Lipinski definition) is 2. The van der Waals surface area contributed by atoms with E-state index in [1.54, 1.807) is 13.0 Å². The molecule has 1 heterocycles. The van der Waals surface area contributed by atoms with E-state index in [0.29, 0.717) is 18.5 Å². The lowest BCUT2D eigenvalue weighted by Gasteiger charge is -2.16. The number of carbonyl (C=O) groups is 2. The fourth-order valence-electron chi connectivity index (χ4n) is 3.26. The smallest absolute Gasteiger partial charge is 0.323 e. The third-order valence-corrected chi connectivity index (χ3v) is 4.82. The van der Waals surface area contributed by atoms with Crippen LogP contribution in [-0.4, -0.2) is 29.3 Å². The molecule has 0 radical (unpaired) electrons. The molecule has 1 fully saturated rings. The zero-order valence-corrected chi connectivity index (χ0v) is 16.1. The molecule has 1 atom stereocenters. The summed E-state index contributed by atoms with van der Waals surface area (Å²) in [6.07, 6.45) is 2.11. The first kappa shape index (κ1) is 20.3. The van der Waals surface area contributed by atoms with Crippen LogP contribution in [0.4, 0.5) is 5.69 Å². The number of nitro benzene ring substituents is 1. The maximum Gasteiger partial charge on any atom is 0.323 e. The van der Waals surface area contributed by atoms with Gasteiger partial charge in [-0.3, -0.25) is 19.7 Å². The minimum atomic E-state index is -0.709. The van der Waals surface area contributed by atoms with Crippen molar-refractivity contribution in [2.24, 2.45) is 0 Å². The average molecular weight is 397 g/mol. The van der Waals surface area contributed by atoms with Crippen molar-refractivity contribution in [2.75, 3.05) is 6.54 Å². The fraction of sp³-hybridized carbons (Fsp3) is 0.333. The summed E-state index contributed by atoms with van der Waals surface area (Å²) < 4.78 is 5.74. The number of carbonyl (C=O) groups excluding carboxylic acids is 2. The number of ether oxygens (including phenoxy) is 1. The molecule has 0 saturated carbocycles. The molecule has 0 aromatic heterocycles. The Labute approximate surface area is 168 Å². The summed E-state index contributed by atoms with van der Waals surface area (Å²) in [6, 6.07) is 11.6. The van der Waals surface area contributed by atoms with Gasteiger partial charge in [0.05, 0.1) is 4.92 Å². The van der Waals surface area contributed by atoms with Crippen LogP contribution in [0.1, 0.15) is 40.7 Å². The van der Waals surface area contributed by atoms with Gasteiger partial charge < -0.3 is 15.4 Å². The lowest BCUT2D eigenvalue weighted by Crippen LogP contribution is -2.45. The predicted molar refractivity (Wildman–Crippen MR) is 107 cm³/mol. The first-order valence-electron chi connectivity index (χ1n) is 9.50. The van der Waals surface area contributed by atoms with Crippen molar-refractivity contribution in [3.8, 4) is 5.75 Å². The van der Waals surface area contributed by atoms with Gasteiger partial charge in [0.1, 0.15) is 18.2 Å². The van der Waals surface area contributed by atoms with Gasteiger partial charge in [0.25, 0.3) is 5.91 Å². The second kappa shape index (κ2) is 9.18. The van der Waals surface area contributed by atoms with Crippen LogP contribution in [0.3, 0.4) is 0 Å². The molecule has 29 heavy (non-hydrogen) atoms. The van der Waals surface area contributed by atoms with E-state index < -0.39 is 22.6 Å². The van der Waals surface area contributed by atoms with E-state index in [1.807, 2.05) is 30.3 Å². The van der Waals surface area contributed by atoms with E-state index in [-0.39, 0.29) is 23.8 Å². The Morgan fingerprint density at radius 3 is 2.72 bits per heavy atom. The summed E-state index contributed by atoms with van der Waals surface area (Å²) in [5.41, 5.74) is 0.885. The largest absolute Gasteiger partial charge is 0.482 e. The molecule has 2 aromatic rings. The Hall–Kier alpha value is -3.42. The van der Waals surface area contributed by atoms with Crippen LogP contribution in [0.15, 0.2) is 42.5 Å². The van der Waals surface area contributed by atoms with Gasteiger partial charge in [-0.05, 0) is 43.4 Å². The Bertz CT molecular complexity index is 914. The highest BCUT2D eigenvalue weighted by molar-refractivity contribution is 6.01. The van der Waals surface area contributed by atoms with Crippen molar-refractivity contribution in [3.05, 3.63) is 69.3 Å². The number of aryl methyl sites for hydroxylation is 1. The summed E-state index contributed by atoms with van der Waals surface area (Å²) in [5, 5.41) is 17.2. The highest BCUT2D eigenvalue weighted by Crippen LogP contribution is 2.35. The van der Waals surface area contributed by atoms with Crippen LogP contribution in [0.5, 0.6) is 5.75 Å². The molecule has 0 bridgehead atoms. The Morgan fingerprint density at radius 2 is 2.00 bits per heavy atom. The Kier molecular flexibility index (Phi) is 6.43. The second-order valence-electron chi connectivity index (χ2n) is 6.95. The van der Waals surface area contributed by atoms with Gasteiger partial charge in [0, 0.05) is 6.54 Å². The molecule has 1 unspecified atom stereocenters. The van der Waals surface area contributed by atoms with Crippen molar-refractivity contribution in [1.82, 2.24) is 10.6 Å². The fourth-order valence-corrected chi connectivity index (χ4v) is 3.26. The van der Waals surface area contributed by atoms with Gasteiger partial charge in [-0.25, -0.2) is 0 Å². The highest BCUT2D eigenvalue weighted by Gasteiger charge is 2.30. The third-order valence-electron chi connectivity index (χ3n) is 4.82. The molecule has 2 N–H and O–H groups in total. The van der Waals surface area contributed by atoms with Gasteiger partial charge in [0.2, 0.25) is 11.7 Å². The van der Waals surface area contributed by atoms with E-state index in [4.69, 9.17) is 4.74 Å². The summed E-state index contributed by atoms with van der Waals surface area (Å²) in [5.74, 6) is -0.883. The lowest BCUT2D eigenvalue weighted by molar-refractivity contribution is -0.386. The van der Waals surface area contributed by atoms with E-state index in [1.165, 1.54) is 6.07 Å². The first-order valence-corrected chi connectivity index (χ1v) is 9.50. The number of nitro groups is 1. The van der Waals surface area contributed by atoms with Crippen LogP contribution in [0, 0.1) is 17.0 Å². The highest BCUT2D eigenvalue weighted by atomic mass is 16.6. The normalized spacial score (nSPS) is 16.4. The van der Waals surface area contributed by atoms with Crippen molar-refractivity contribution in [1.29, 1.82) is 0 Å². The topological polar surface area (TPSA) is 111 Å². The van der Waals surface area contributed by atoms with Crippen molar-refractivity contribution >= 4 is 17.5 Å². The maximum absolute atomic E-state index is 12.8. The van der Waals surface area contributed by atoms with Crippen LogP contribution < -0.4 is 15.4 Å². The number of nitrogens with one attached hydrogen (secondary N) is 2. The third kappa shape index (κ3) is 4.90. The van der Waals surface area contributed by atoms with Crippen molar-refractivity contribution < 1.29 is 19.2 Å². The first-order chi connectivity index (χ1) is 14.0. The molecule has 8 heteroatoms. The molecule has 2 amide bonds. The molecular formula is C21H23N3O5. The summed E-state index contributed by atoms with van der Waals surface area (Å²) in [4.78, 5) is 36.1. The summed E-state index contributed by atoms with van der Waals surface area (Å²) in [6.45, 7) is 2.39. The molecular weight excluding hydrogens is 374 g/mol. The molecule has 152 valence electrons.